The second-order valence-electron chi connectivity index (χ2n) is 6.69. The fourth-order valence-corrected chi connectivity index (χ4v) is 3.14. The van der Waals surface area contributed by atoms with Crippen LogP contribution in [-0.2, 0) is 6.18 Å². The molecular weight excluding hydrogens is 357 g/mol. The number of rotatable bonds is 4. The molecule has 5 nitrogen and oxygen atoms in total. The number of benzene rings is 1. The monoisotopic (exact) mass is 378 g/mol. The van der Waals surface area contributed by atoms with Crippen molar-refractivity contribution in [2.24, 2.45) is 0 Å². The Bertz CT molecular complexity index is 800. The lowest BCUT2D eigenvalue weighted by molar-refractivity contribution is -0.137. The molecule has 0 bridgehead atoms. The van der Waals surface area contributed by atoms with E-state index < -0.39 is 11.7 Å². The summed E-state index contributed by atoms with van der Waals surface area (Å²) in [6.07, 6.45) is 0.955. The Labute approximate surface area is 155 Å². The zero-order valence-electron chi connectivity index (χ0n) is 14.9. The summed E-state index contributed by atoms with van der Waals surface area (Å²) in [7, 11) is 0. The van der Waals surface area contributed by atoms with Crippen molar-refractivity contribution in [2.45, 2.75) is 51.2 Å². The van der Waals surface area contributed by atoms with E-state index in [0.29, 0.717) is 17.3 Å². The molecule has 8 heteroatoms. The molecule has 1 fully saturated rings. The van der Waals surface area contributed by atoms with Crippen LogP contribution in [0.25, 0.3) is 0 Å². The maximum atomic E-state index is 12.6. The van der Waals surface area contributed by atoms with Crippen LogP contribution in [0, 0.1) is 6.92 Å². The van der Waals surface area contributed by atoms with Crippen molar-refractivity contribution in [3.63, 3.8) is 0 Å². The van der Waals surface area contributed by atoms with Gasteiger partial charge in [0.05, 0.1) is 5.56 Å². The number of hydrogen-bond acceptors (Lipinski definition) is 4. The van der Waals surface area contributed by atoms with Crippen LogP contribution in [0.1, 0.15) is 54.0 Å². The average Bonchev–Trinajstić information content (AvgIpc) is 2.62. The summed E-state index contributed by atoms with van der Waals surface area (Å²) < 4.78 is 37.9. The van der Waals surface area contributed by atoms with E-state index in [1.807, 2.05) is 0 Å². The quantitative estimate of drug-likeness (QED) is 0.815. The summed E-state index contributed by atoms with van der Waals surface area (Å²) in [6, 6.07) is 6.29. The molecule has 3 rings (SSSR count). The number of carbonyl (C=O) groups excluding carboxylic acids is 1. The first-order valence-corrected chi connectivity index (χ1v) is 8.92. The zero-order chi connectivity index (χ0) is 19.4. The topological polar surface area (TPSA) is 66.9 Å². The SMILES string of the molecule is Cc1nc(Nc2ccc(C(F)(F)F)cc2)cc(C(=O)NC2CCCCC2)n1. The highest BCUT2D eigenvalue weighted by molar-refractivity contribution is 5.93. The number of nitrogens with one attached hydrogen (secondary N) is 2. The van der Waals surface area contributed by atoms with Gasteiger partial charge < -0.3 is 10.6 Å². The Hall–Kier alpha value is -2.64. The third-order valence-electron chi connectivity index (χ3n) is 4.50. The standard InChI is InChI=1S/C19H21F3N4O/c1-12-23-16(18(27)26-14-5-3-2-4-6-14)11-17(24-12)25-15-9-7-13(8-10-15)19(20,21)22/h7-11,14H,2-6H2,1H3,(H,26,27)(H,23,24,25). The van der Waals surface area contributed by atoms with Gasteiger partial charge in [-0.2, -0.15) is 13.2 Å². The minimum atomic E-state index is -4.38. The molecule has 0 aliphatic heterocycles. The highest BCUT2D eigenvalue weighted by Gasteiger charge is 2.30. The molecule has 1 amide bonds. The van der Waals surface area contributed by atoms with Gasteiger partial charge in [-0.15, -0.1) is 0 Å². The second-order valence-corrected chi connectivity index (χ2v) is 6.69. The average molecular weight is 378 g/mol. The van der Waals surface area contributed by atoms with Crippen LogP contribution in [0.5, 0.6) is 0 Å². The molecule has 1 saturated carbocycles. The van der Waals surface area contributed by atoms with Crippen LogP contribution in [0.4, 0.5) is 24.7 Å². The van der Waals surface area contributed by atoms with Crippen molar-refractivity contribution in [3.8, 4) is 0 Å². The normalized spacial score (nSPS) is 15.4. The van der Waals surface area contributed by atoms with Crippen LogP contribution < -0.4 is 10.6 Å². The number of aryl methyl sites for hydroxylation is 1. The van der Waals surface area contributed by atoms with Gasteiger partial charge >= 0.3 is 6.18 Å². The van der Waals surface area contributed by atoms with Crippen LogP contribution >= 0.6 is 0 Å². The number of anilines is 2. The maximum Gasteiger partial charge on any atom is 0.416 e. The molecule has 0 spiro atoms. The van der Waals surface area contributed by atoms with E-state index in [1.165, 1.54) is 24.6 Å². The Morgan fingerprint density at radius 2 is 1.74 bits per heavy atom. The molecule has 1 aliphatic carbocycles. The molecule has 0 unspecified atom stereocenters. The van der Waals surface area contributed by atoms with Gasteiger partial charge in [0.15, 0.2) is 0 Å². The predicted octanol–water partition coefficient (Wildman–Crippen LogP) is 4.61. The molecule has 1 aliphatic rings. The molecule has 2 N–H and O–H groups in total. The Balaban J connectivity index is 1.72. The Morgan fingerprint density at radius 1 is 1.07 bits per heavy atom. The number of aromatic nitrogens is 2. The lowest BCUT2D eigenvalue weighted by Gasteiger charge is -2.22. The van der Waals surface area contributed by atoms with Gasteiger partial charge in [0, 0.05) is 17.8 Å². The van der Waals surface area contributed by atoms with Crippen molar-refractivity contribution >= 4 is 17.4 Å². The molecule has 144 valence electrons. The van der Waals surface area contributed by atoms with Gasteiger partial charge in [0.25, 0.3) is 5.91 Å². The van der Waals surface area contributed by atoms with Crippen LogP contribution in [0.2, 0.25) is 0 Å². The van der Waals surface area contributed by atoms with E-state index in [0.717, 1.165) is 37.8 Å². The summed E-state index contributed by atoms with van der Waals surface area (Å²) in [6.45, 7) is 1.66. The first-order chi connectivity index (χ1) is 12.8. The molecule has 0 atom stereocenters. The molecule has 27 heavy (non-hydrogen) atoms. The highest BCUT2D eigenvalue weighted by Crippen LogP contribution is 2.30. The summed E-state index contributed by atoms with van der Waals surface area (Å²) >= 11 is 0. The van der Waals surface area contributed by atoms with E-state index in [9.17, 15) is 18.0 Å². The van der Waals surface area contributed by atoms with Crippen LogP contribution in [0.3, 0.4) is 0 Å². The number of amides is 1. The maximum absolute atomic E-state index is 12.6. The van der Waals surface area contributed by atoms with E-state index >= 15 is 0 Å². The molecule has 1 aromatic heterocycles. The molecule has 2 aromatic rings. The third-order valence-corrected chi connectivity index (χ3v) is 4.50. The fourth-order valence-electron chi connectivity index (χ4n) is 3.14. The van der Waals surface area contributed by atoms with Crippen LogP contribution in [0.15, 0.2) is 30.3 Å². The van der Waals surface area contributed by atoms with E-state index in [4.69, 9.17) is 0 Å². The number of carbonyl (C=O) groups is 1. The van der Waals surface area contributed by atoms with Crippen molar-refractivity contribution in [3.05, 3.63) is 47.4 Å². The summed E-state index contributed by atoms with van der Waals surface area (Å²) in [5, 5.41) is 5.92. The number of halogens is 3. The molecule has 1 heterocycles. The van der Waals surface area contributed by atoms with Gasteiger partial charge in [-0.1, -0.05) is 19.3 Å². The van der Waals surface area contributed by atoms with E-state index in [-0.39, 0.29) is 17.6 Å². The molecule has 0 saturated heterocycles. The van der Waals surface area contributed by atoms with Crippen molar-refractivity contribution in [1.82, 2.24) is 15.3 Å². The first kappa shape index (κ1) is 19.1. The van der Waals surface area contributed by atoms with Gasteiger partial charge in [-0.05, 0) is 44.0 Å². The van der Waals surface area contributed by atoms with Gasteiger partial charge in [-0.3, -0.25) is 4.79 Å². The van der Waals surface area contributed by atoms with Crippen molar-refractivity contribution in [2.75, 3.05) is 5.32 Å². The number of hydrogen-bond donors (Lipinski definition) is 2. The number of nitrogens with zero attached hydrogens (tertiary/aromatic N) is 2. The van der Waals surface area contributed by atoms with Crippen molar-refractivity contribution < 1.29 is 18.0 Å². The predicted molar refractivity (Wildman–Crippen MR) is 95.8 cm³/mol. The first-order valence-electron chi connectivity index (χ1n) is 8.92. The third kappa shape index (κ3) is 5.18. The lowest BCUT2D eigenvalue weighted by Crippen LogP contribution is -2.36. The molecular formula is C19H21F3N4O. The minimum Gasteiger partial charge on any atom is -0.348 e. The summed E-state index contributed by atoms with van der Waals surface area (Å²) in [5.74, 6) is 0.500. The van der Waals surface area contributed by atoms with Crippen molar-refractivity contribution in [1.29, 1.82) is 0 Å². The largest absolute Gasteiger partial charge is 0.416 e. The Kier molecular flexibility index (Phi) is 5.62. The lowest BCUT2D eigenvalue weighted by atomic mass is 9.95. The van der Waals surface area contributed by atoms with Gasteiger partial charge in [0.2, 0.25) is 0 Å². The summed E-state index contributed by atoms with van der Waals surface area (Å²) in [4.78, 5) is 20.9. The number of alkyl halides is 3. The fraction of sp³-hybridized carbons (Fsp3) is 0.421. The highest BCUT2D eigenvalue weighted by atomic mass is 19.4. The molecule has 1 aromatic carbocycles. The molecule has 0 radical (unpaired) electrons. The van der Waals surface area contributed by atoms with Crippen LogP contribution in [-0.4, -0.2) is 21.9 Å². The smallest absolute Gasteiger partial charge is 0.348 e. The van der Waals surface area contributed by atoms with E-state index in [2.05, 4.69) is 20.6 Å². The second kappa shape index (κ2) is 7.94. The zero-order valence-corrected chi connectivity index (χ0v) is 14.9. The van der Waals surface area contributed by atoms with E-state index in [1.54, 1.807) is 6.92 Å². The summed E-state index contributed by atoms with van der Waals surface area (Å²) in [5.41, 5.74) is -0.0401. The minimum absolute atomic E-state index is 0.160. The van der Waals surface area contributed by atoms with Gasteiger partial charge in [0.1, 0.15) is 17.3 Å². The Morgan fingerprint density at radius 3 is 2.37 bits per heavy atom. The van der Waals surface area contributed by atoms with Gasteiger partial charge in [-0.25, -0.2) is 9.97 Å².